The van der Waals surface area contributed by atoms with E-state index in [9.17, 15) is 13.2 Å². The maximum atomic E-state index is 12.5. The second-order valence-electron chi connectivity index (χ2n) is 5.37. The van der Waals surface area contributed by atoms with Gasteiger partial charge in [0.2, 0.25) is 10.0 Å². The molecule has 0 bridgehead atoms. The van der Waals surface area contributed by atoms with Gasteiger partial charge in [0.15, 0.2) is 0 Å². The van der Waals surface area contributed by atoms with Crippen LogP contribution in [0.3, 0.4) is 0 Å². The Labute approximate surface area is 124 Å². The van der Waals surface area contributed by atoms with Crippen molar-refractivity contribution in [2.75, 3.05) is 5.32 Å². The van der Waals surface area contributed by atoms with Gasteiger partial charge in [-0.1, -0.05) is 6.92 Å². The number of anilines is 1. The van der Waals surface area contributed by atoms with Gasteiger partial charge < -0.3 is 10.4 Å². The van der Waals surface area contributed by atoms with Crippen LogP contribution in [0.5, 0.6) is 0 Å². The van der Waals surface area contributed by atoms with Crippen molar-refractivity contribution in [1.82, 2.24) is 4.72 Å². The van der Waals surface area contributed by atoms with Gasteiger partial charge in [-0.05, 0) is 44.4 Å². The molecule has 2 rings (SSSR count). The quantitative estimate of drug-likeness (QED) is 0.716. The summed E-state index contributed by atoms with van der Waals surface area (Å²) in [6.07, 6.45) is 2.65. The lowest BCUT2D eigenvalue weighted by Crippen LogP contribution is -2.32. The summed E-state index contributed by atoms with van der Waals surface area (Å²) in [6, 6.07) is 4.20. The van der Waals surface area contributed by atoms with Gasteiger partial charge in [0.1, 0.15) is 4.90 Å². The maximum absolute atomic E-state index is 12.5. The zero-order chi connectivity index (χ0) is 15.6. The van der Waals surface area contributed by atoms with Gasteiger partial charge in [-0.3, -0.25) is 0 Å². The van der Waals surface area contributed by atoms with Crippen LogP contribution in [-0.4, -0.2) is 31.6 Å². The topological polar surface area (TPSA) is 95.5 Å². The number of aromatic carboxylic acids is 1. The fourth-order valence-electron chi connectivity index (χ4n) is 1.86. The molecule has 21 heavy (non-hydrogen) atoms. The summed E-state index contributed by atoms with van der Waals surface area (Å²) in [4.78, 5) is 11.1. The molecule has 6 nitrogen and oxygen atoms in total. The third-order valence-electron chi connectivity index (χ3n) is 3.42. The van der Waals surface area contributed by atoms with E-state index >= 15 is 0 Å². The molecule has 7 heteroatoms. The van der Waals surface area contributed by atoms with Crippen molar-refractivity contribution in [2.24, 2.45) is 0 Å². The van der Waals surface area contributed by atoms with Gasteiger partial charge >= 0.3 is 5.97 Å². The number of sulfonamides is 1. The summed E-state index contributed by atoms with van der Waals surface area (Å²) in [5, 5.41) is 12.2. The maximum Gasteiger partial charge on any atom is 0.335 e. The number of carboxylic acids is 1. The van der Waals surface area contributed by atoms with Crippen LogP contribution >= 0.6 is 0 Å². The minimum absolute atomic E-state index is 0.00500. The summed E-state index contributed by atoms with van der Waals surface area (Å²) in [6.45, 7) is 3.65. The molecule has 1 atom stereocenters. The number of benzene rings is 1. The van der Waals surface area contributed by atoms with Crippen LogP contribution in [0, 0.1) is 0 Å². The molecule has 0 radical (unpaired) electrons. The number of rotatable bonds is 7. The van der Waals surface area contributed by atoms with Crippen molar-refractivity contribution in [1.29, 1.82) is 0 Å². The van der Waals surface area contributed by atoms with Crippen LogP contribution in [0.25, 0.3) is 0 Å². The Hall–Kier alpha value is -1.60. The molecular weight excluding hydrogens is 292 g/mol. The SMILES string of the molecule is CC[C@H](C)NS(=O)(=O)c1cc(C(=O)O)ccc1NC1CC1. The van der Waals surface area contributed by atoms with Crippen molar-refractivity contribution >= 4 is 21.7 Å². The van der Waals surface area contributed by atoms with E-state index in [0.29, 0.717) is 12.1 Å². The molecule has 0 unspecified atom stereocenters. The molecule has 116 valence electrons. The number of carboxylic acid groups (broad SMARTS) is 1. The Morgan fingerprint density at radius 2 is 2.10 bits per heavy atom. The molecule has 1 fully saturated rings. The first-order chi connectivity index (χ1) is 9.83. The fourth-order valence-corrected chi connectivity index (χ4v) is 3.38. The highest BCUT2D eigenvalue weighted by Crippen LogP contribution is 2.30. The van der Waals surface area contributed by atoms with Crippen molar-refractivity contribution in [3.8, 4) is 0 Å². The smallest absolute Gasteiger partial charge is 0.335 e. The van der Waals surface area contributed by atoms with Crippen molar-refractivity contribution in [3.63, 3.8) is 0 Å². The van der Waals surface area contributed by atoms with Gasteiger partial charge in [-0.15, -0.1) is 0 Å². The van der Waals surface area contributed by atoms with Crippen LogP contribution in [0.15, 0.2) is 23.1 Å². The summed E-state index contributed by atoms with van der Waals surface area (Å²) in [7, 11) is -3.75. The molecule has 1 aliphatic carbocycles. The monoisotopic (exact) mass is 312 g/mol. The van der Waals surface area contributed by atoms with Crippen LogP contribution < -0.4 is 10.0 Å². The van der Waals surface area contributed by atoms with Crippen LogP contribution in [0.2, 0.25) is 0 Å². The molecule has 3 N–H and O–H groups in total. The number of hydrogen-bond donors (Lipinski definition) is 3. The first-order valence-electron chi connectivity index (χ1n) is 6.99. The second kappa shape index (κ2) is 6.03. The molecule has 1 saturated carbocycles. The zero-order valence-electron chi connectivity index (χ0n) is 12.1. The van der Waals surface area contributed by atoms with Crippen molar-refractivity contribution in [2.45, 2.75) is 50.1 Å². The molecule has 0 spiro atoms. The highest BCUT2D eigenvalue weighted by Gasteiger charge is 2.27. The minimum Gasteiger partial charge on any atom is -0.478 e. The highest BCUT2D eigenvalue weighted by atomic mass is 32.2. The van der Waals surface area contributed by atoms with Crippen molar-refractivity contribution in [3.05, 3.63) is 23.8 Å². The van der Waals surface area contributed by atoms with E-state index in [1.807, 2.05) is 6.92 Å². The molecule has 1 aliphatic rings. The molecule has 0 aromatic heterocycles. The van der Waals surface area contributed by atoms with E-state index in [1.54, 1.807) is 6.92 Å². The number of carbonyl (C=O) groups is 1. The van der Waals surface area contributed by atoms with Gasteiger partial charge in [0, 0.05) is 12.1 Å². The largest absolute Gasteiger partial charge is 0.478 e. The molecule has 0 heterocycles. The third kappa shape index (κ3) is 3.95. The van der Waals surface area contributed by atoms with E-state index < -0.39 is 16.0 Å². The summed E-state index contributed by atoms with van der Waals surface area (Å²) in [5.74, 6) is -1.15. The van der Waals surface area contributed by atoms with E-state index in [0.717, 1.165) is 12.8 Å². The fraction of sp³-hybridized carbons (Fsp3) is 0.500. The minimum atomic E-state index is -3.75. The summed E-state index contributed by atoms with van der Waals surface area (Å²) < 4.78 is 27.5. The lowest BCUT2D eigenvalue weighted by atomic mass is 10.2. The third-order valence-corrected chi connectivity index (χ3v) is 5.05. The van der Waals surface area contributed by atoms with E-state index in [-0.39, 0.29) is 22.5 Å². The van der Waals surface area contributed by atoms with Gasteiger partial charge in [-0.2, -0.15) is 0 Å². The first kappa shape index (κ1) is 15.8. The Morgan fingerprint density at radius 3 is 2.62 bits per heavy atom. The normalized spacial score (nSPS) is 16.5. The molecule has 0 amide bonds. The molecule has 0 aliphatic heterocycles. The zero-order valence-corrected chi connectivity index (χ0v) is 12.9. The van der Waals surface area contributed by atoms with Gasteiger partial charge in [0.25, 0.3) is 0 Å². The van der Waals surface area contributed by atoms with Crippen LogP contribution in [0.4, 0.5) is 5.69 Å². The average Bonchev–Trinajstić information content (AvgIpc) is 3.22. The summed E-state index contributed by atoms with van der Waals surface area (Å²) in [5.41, 5.74) is 0.416. The second-order valence-corrected chi connectivity index (χ2v) is 7.05. The molecule has 1 aromatic carbocycles. The van der Waals surface area contributed by atoms with Gasteiger partial charge in [0.05, 0.1) is 11.3 Å². The molecular formula is C14H20N2O4S. The predicted octanol–water partition coefficient (Wildman–Crippen LogP) is 2.04. The first-order valence-corrected chi connectivity index (χ1v) is 8.48. The predicted molar refractivity (Wildman–Crippen MR) is 80.1 cm³/mol. The molecule has 0 saturated heterocycles. The van der Waals surface area contributed by atoms with E-state index in [1.165, 1.54) is 18.2 Å². The highest BCUT2D eigenvalue weighted by molar-refractivity contribution is 7.89. The van der Waals surface area contributed by atoms with Crippen molar-refractivity contribution < 1.29 is 18.3 Å². The van der Waals surface area contributed by atoms with E-state index in [4.69, 9.17) is 5.11 Å². The Balaban J connectivity index is 2.41. The lowest BCUT2D eigenvalue weighted by molar-refractivity contribution is 0.0696. The van der Waals surface area contributed by atoms with Gasteiger partial charge in [-0.25, -0.2) is 17.9 Å². The summed E-state index contributed by atoms with van der Waals surface area (Å²) >= 11 is 0. The Morgan fingerprint density at radius 1 is 1.43 bits per heavy atom. The Kier molecular flexibility index (Phi) is 4.53. The van der Waals surface area contributed by atoms with E-state index in [2.05, 4.69) is 10.0 Å². The average molecular weight is 312 g/mol. The molecule has 1 aromatic rings. The standard InChI is InChI=1S/C14H20N2O4S/c1-3-9(2)16-21(19,20)13-8-10(14(17)18)4-7-12(13)15-11-5-6-11/h4,7-9,11,15-16H,3,5-6H2,1-2H3,(H,17,18)/t9-/m0/s1. The number of nitrogens with one attached hydrogen (secondary N) is 2. The number of hydrogen-bond acceptors (Lipinski definition) is 4. The lowest BCUT2D eigenvalue weighted by Gasteiger charge is -2.16. The van der Waals surface area contributed by atoms with Crippen LogP contribution in [0.1, 0.15) is 43.5 Å². The Bertz CT molecular complexity index is 638. The van der Waals surface area contributed by atoms with Crippen LogP contribution in [-0.2, 0) is 10.0 Å².